The van der Waals surface area contributed by atoms with E-state index in [-0.39, 0.29) is 18.6 Å². The van der Waals surface area contributed by atoms with Crippen molar-refractivity contribution < 1.29 is 28.1 Å². The lowest BCUT2D eigenvalue weighted by molar-refractivity contribution is 0.0658. The molecule has 3 aromatic rings. The number of carbonyl (C=O) groups excluding carboxylic acids is 1. The van der Waals surface area contributed by atoms with Crippen LogP contribution in [0.3, 0.4) is 0 Å². The normalized spacial score (nSPS) is 12.0. The molecule has 10 nitrogen and oxygen atoms in total. The van der Waals surface area contributed by atoms with Crippen LogP contribution in [0.4, 0.5) is 32.3 Å². The first kappa shape index (κ1) is 20.0. The van der Waals surface area contributed by atoms with Crippen LogP contribution in [0.25, 0.3) is 0 Å². The third-order valence-corrected chi connectivity index (χ3v) is 4.07. The molecule has 1 amide bonds. The summed E-state index contributed by atoms with van der Waals surface area (Å²) in [6.07, 6.45) is 0.114. The maximum absolute atomic E-state index is 14.3. The molecule has 0 saturated carbocycles. The maximum atomic E-state index is 14.3. The minimum absolute atomic E-state index is 0.0172. The number of nitrogens with one attached hydrogen (secondary N) is 2. The lowest BCUT2D eigenvalue weighted by Crippen LogP contribution is -2.16. The Morgan fingerprint density at radius 2 is 1.90 bits per heavy atom. The zero-order valence-corrected chi connectivity index (χ0v) is 16.1. The van der Waals surface area contributed by atoms with Crippen molar-refractivity contribution in [2.75, 3.05) is 30.6 Å². The Kier molecular flexibility index (Phi) is 5.83. The number of anilines is 4. The van der Waals surface area contributed by atoms with Crippen LogP contribution in [0, 0.1) is 5.82 Å². The number of fused-ring (bicyclic) bond motifs is 1. The molecule has 11 heteroatoms. The highest BCUT2D eigenvalue weighted by Gasteiger charge is 2.14. The van der Waals surface area contributed by atoms with Crippen LogP contribution in [0.15, 0.2) is 48.7 Å². The molecule has 4 rings (SSSR count). The van der Waals surface area contributed by atoms with Crippen LogP contribution >= 0.6 is 0 Å². The van der Waals surface area contributed by atoms with Crippen molar-refractivity contribution in [2.24, 2.45) is 5.73 Å². The van der Waals surface area contributed by atoms with Crippen molar-refractivity contribution >= 4 is 29.2 Å². The number of amides is 1. The first-order chi connectivity index (χ1) is 15.1. The van der Waals surface area contributed by atoms with Crippen molar-refractivity contribution in [2.45, 2.75) is 0 Å². The van der Waals surface area contributed by atoms with E-state index in [4.69, 9.17) is 19.9 Å². The summed E-state index contributed by atoms with van der Waals surface area (Å²) < 4.78 is 35.1. The fourth-order valence-corrected chi connectivity index (χ4v) is 2.72. The van der Waals surface area contributed by atoms with Crippen molar-refractivity contribution in [3.8, 4) is 17.2 Å². The highest BCUT2D eigenvalue weighted by atomic mass is 19.1. The van der Waals surface area contributed by atoms with Gasteiger partial charge in [-0.3, -0.25) is 0 Å². The summed E-state index contributed by atoms with van der Waals surface area (Å²) in [5, 5.41) is 5.87. The average Bonchev–Trinajstić information content (AvgIpc) is 2.76. The minimum atomic E-state index is -0.938. The molecule has 1 aliphatic rings. The van der Waals surface area contributed by atoms with Gasteiger partial charge in [-0.25, -0.2) is 14.2 Å². The Morgan fingerprint density at radius 3 is 2.74 bits per heavy atom. The zero-order valence-electron chi connectivity index (χ0n) is 16.1. The number of ether oxygens (including phenoxy) is 4. The predicted octanol–water partition coefficient (Wildman–Crippen LogP) is 3.31. The second-order valence-electron chi connectivity index (χ2n) is 6.25. The number of nitrogens with zero attached hydrogens (tertiary/aromatic N) is 2. The quantitative estimate of drug-likeness (QED) is 0.486. The lowest BCUT2D eigenvalue weighted by Gasteiger charge is -2.19. The third kappa shape index (κ3) is 5.21. The highest BCUT2D eigenvalue weighted by Crippen LogP contribution is 2.33. The van der Waals surface area contributed by atoms with Gasteiger partial charge in [-0.2, -0.15) is 4.98 Å². The van der Waals surface area contributed by atoms with Crippen molar-refractivity contribution in [3.63, 3.8) is 0 Å². The van der Waals surface area contributed by atoms with E-state index in [2.05, 4.69) is 25.3 Å². The molecule has 2 aromatic carbocycles. The lowest BCUT2D eigenvalue weighted by atomic mass is 10.2. The number of halogens is 1. The van der Waals surface area contributed by atoms with Gasteiger partial charge < -0.3 is 35.3 Å². The molecule has 0 atom stereocenters. The fraction of sp³-hybridized carbons (Fsp3) is 0.150. The molecule has 0 unspecified atom stereocenters. The average molecular weight is 427 g/mol. The monoisotopic (exact) mass is 427 g/mol. The summed E-state index contributed by atoms with van der Waals surface area (Å²) >= 11 is 0. The summed E-state index contributed by atoms with van der Waals surface area (Å²) in [6, 6.07) is 11.9. The smallest absolute Gasteiger partial charge is 0.407 e. The Bertz CT molecular complexity index is 1100. The molecule has 0 bridgehead atoms. The molecule has 0 saturated heterocycles. The third-order valence-electron chi connectivity index (χ3n) is 4.07. The molecule has 0 fully saturated rings. The van der Waals surface area contributed by atoms with Crippen LogP contribution in [-0.4, -0.2) is 36.1 Å². The van der Waals surface area contributed by atoms with Gasteiger partial charge in [-0.1, -0.05) is 6.07 Å². The minimum Gasteiger partial charge on any atom is -0.486 e. The van der Waals surface area contributed by atoms with E-state index >= 15 is 0 Å². The van der Waals surface area contributed by atoms with Gasteiger partial charge >= 0.3 is 6.09 Å². The number of carbonyl (C=O) groups is 1. The van der Waals surface area contributed by atoms with Gasteiger partial charge in [0.15, 0.2) is 23.1 Å². The van der Waals surface area contributed by atoms with E-state index in [1.54, 1.807) is 42.5 Å². The molecule has 31 heavy (non-hydrogen) atoms. The largest absolute Gasteiger partial charge is 0.486 e. The van der Waals surface area contributed by atoms with Crippen LogP contribution in [0.1, 0.15) is 0 Å². The molecule has 1 aromatic heterocycles. The SMILES string of the molecule is NC(=O)OCOc1cccc(Nc2ncc(F)c(Nc3ccc4c(c3)OCCO4)n2)c1. The number of rotatable bonds is 7. The van der Waals surface area contributed by atoms with Crippen LogP contribution in [0.2, 0.25) is 0 Å². The topological polar surface area (TPSA) is 130 Å². The summed E-state index contributed by atoms with van der Waals surface area (Å²) in [5.74, 6) is 1.14. The molecule has 2 heterocycles. The van der Waals surface area contributed by atoms with Gasteiger partial charge in [0.2, 0.25) is 12.7 Å². The second-order valence-corrected chi connectivity index (χ2v) is 6.25. The van der Waals surface area contributed by atoms with Gasteiger partial charge in [0.1, 0.15) is 19.0 Å². The Labute approximate surface area is 176 Å². The number of primary amides is 1. The molecule has 0 spiro atoms. The molecule has 0 aliphatic carbocycles. The molecular weight excluding hydrogens is 409 g/mol. The number of benzene rings is 2. The van der Waals surface area contributed by atoms with Gasteiger partial charge in [-0.15, -0.1) is 0 Å². The van der Waals surface area contributed by atoms with E-state index in [1.165, 1.54) is 0 Å². The summed E-state index contributed by atoms with van der Waals surface area (Å²) in [5.41, 5.74) is 6.04. The number of nitrogens with two attached hydrogens (primary N) is 1. The Hall–Kier alpha value is -4.28. The van der Waals surface area contributed by atoms with Gasteiger partial charge in [0, 0.05) is 23.5 Å². The molecular formula is C20H18FN5O5. The van der Waals surface area contributed by atoms with E-state index in [0.29, 0.717) is 41.8 Å². The molecule has 1 aliphatic heterocycles. The van der Waals surface area contributed by atoms with E-state index in [0.717, 1.165) is 6.20 Å². The summed E-state index contributed by atoms with van der Waals surface area (Å²) in [4.78, 5) is 18.7. The zero-order chi connectivity index (χ0) is 21.6. The summed E-state index contributed by atoms with van der Waals surface area (Å²) in [6.45, 7) is 0.610. The van der Waals surface area contributed by atoms with Crippen LogP contribution in [0.5, 0.6) is 17.2 Å². The predicted molar refractivity (Wildman–Crippen MR) is 109 cm³/mol. The number of hydrogen-bond acceptors (Lipinski definition) is 9. The van der Waals surface area contributed by atoms with E-state index in [1.807, 2.05) is 0 Å². The Balaban J connectivity index is 1.46. The van der Waals surface area contributed by atoms with Crippen LogP contribution < -0.4 is 30.6 Å². The number of hydrogen-bond donors (Lipinski definition) is 3. The first-order valence-corrected chi connectivity index (χ1v) is 9.18. The molecule has 4 N–H and O–H groups in total. The van der Waals surface area contributed by atoms with Gasteiger partial charge in [0.05, 0.1) is 6.20 Å². The standard InChI is InChI=1S/C20H18FN5O5/c21-15-10-23-20(25-12-2-1-3-14(8-12)30-11-31-19(22)27)26-18(15)24-13-4-5-16-17(9-13)29-7-6-28-16/h1-5,8-10H,6-7,11H2,(H2,22,27)(H2,23,24,25,26). The van der Waals surface area contributed by atoms with Crippen molar-refractivity contribution in [1.29, 1.82) is 0 Å². The van der Waals surface area contributed by atoms with E-state index in [9.17, 15) is 9.18 Å². The molecule has 0 radical (unpaired) electrons. The van der Waals surface area contributed by atoms with Gasteiger partial charge in [0.25, 0.3) is 0 Å². The maximum Gasteiger partial charge on any atom is 0.407 e. The first-order valence-electron chi connectivity index (χ1n) is 9.18. The van der Waals surface area contributed by atoms with Crippen molar-refractivity contribution in [1.82, 2.24) is 9.97 Å². The highest BCUT2D eigenvalue weighted by molar-refractivity contribution is 5.65. The second kappa shape index (κ2) is 9.03. The van der Waals surface area contributed by atoms with E-state index < -0.39 is 11.9 Å². The number of aromatic nitrogens is 2. The Morgan fingerprint density at radius 1 is 1.10 bits per heavy atom. The van der Waals surface area contributed by atoms with Gasteiger partial charge in [-0.05, 0) is 24.3 Å². The fourth-order valence-electron chi connectivity index (χ4n) is 2.72. The van der Waals surface area contributed by atoms with Crippen LogP contribution in [-0.2, 0) is 4.74 Å². The molecule has 160 valence electrons. The summed E-state index contributed by atoms with van der Waals surface area (Å²) in [7, 11) is 0. The van der Waals surface area contributed by atoms with Crippen molar-refractivity contribution in [3.05, 3.63) is 54.5 Å².